The molecule has 48 heavy (non-hydrogen) atoms. The Hall–Kier alpha value is -4.79. The minimum Gasteiger partial charge on any atom is -0.492 e. The van der Waals surface area contributed by atoms with Crippen molar-refractivity contribution >= 4 is 23.7 Å². The lowest BCUT2D eigenvalue weighted by atomic mass is 10.1. The van der Waals surface area contributed by atoms with Gasteiger partial charge in [0.2, 0.25) is 0 Å². The number of carbonyl (C=O) groups is 3. The van der Waals surface area contributed by atoms with Gasteiger partial charge in [0, 0.05) is 11.6 Å². The van der Waals surface area contributed by atoms with Gasteiger partial charge in [-0.1, -0.05) is 24.3 Å². The number of carboxylic acid groups (broad SMARTS) is 3. The Morgan fingerprint density at radius 1 is 0.812 bits per heavy atom. The van der Waals surface area contributed by atoms with Crippen LogP contribution in [0.3, 0.4) is 0 Å². The molecule has 270 valence electrons. The van der Waals surface area contributed by atoms with Crippen LogP contribution in [0.1, 0.15) is 24.0 Å². The maximum atomic E-state index is 10.6. The number of rotatable bonds is 8. The average molecular weight is 711 g/mol. The largest absolute Gasteiger partial charge is 0.492 e. The van der Waals surface area contributed by atoms with Gasteiger partial charge in [0.15, 0.2) is 0 Å². The fraction of sp³-hybridized carbons (Fsp3) is 0.407. The van der Waals surface area contributed by atoms with Gasteiger partial charge in [-0.2, -0.15) is 39.5 Å². The number of piperidine rings is 1. The number of halogens is 9. The Balaban J connectivity index is 0.000000855. The smallest absolute Gasteiger partial charge is 0.490 e. The van der Waals surface area contributed by atoms with Gasteiger partial charge in [-0.25, -0.2) is 14.4 Å². The van der Waals surface area contributed by atoms with E-state index in [2.05, 4.69) is 17.4 Å². The van der Waals surface area contributed by atoms with Gasteiger partial charge >= 0.3 is 36.4 Å². The summed E-state index contributed by atoms with van der Waals surface area (Å²) in [5.41, 5.74) is 13.5. The lowest BCUT2D eigenvalue weighted by Gasteiger charge is -2.24. The third kappa shape index (κ3) is 19.7. The van der Waals surface area contributed by atoms with Crippen molar-refractivity contribution in [2.45, 2.75) is 49.9 Å². The number of nitrogens with one attached hydrogen (secondary N) is 2. The molecule has 0 aliphatic carbocycles. The fourth-order valence-corrected chi connectivity index (χ4v) is 3.13. The number of benzene rings is 2. The van der Waals surface area contributed by atoms with Crippen LogP contribution in [-0.2, 0) is 20.8 Å². The van der Waals surface area contributed by atoms with Crippen LogP contribution in [0.15, 0.2) is 48.5 Å². The van der Waals surface area contributed by atoms with Gasteiger partial charge < -0.3 is 41.6 Å². The van der Waals surface area contributed by atoms with E-state index in [1.165, 1.54) is 0 Å². The van der Waals surface area contributed by atoms with Crippen molar-refractivity contribution in [1.82, 2.24) is 5.32 Å². The van der Waals surface area contributed by atoms with Gasteiger partial charge in [-0.3, -0.25) is 5.41 Å². The lowest BCUT2D eigenvalue weighted by Crippen LogP contribution is -2.34. The molecule has 21 heteroatoms. The third-order valence-electron chi connectivity index (χ3n) is 5.35. The minimum absolute atomic E-state index is 0.0246. The molecule has 0 aromatic heterocycles. The molecule has 3 rings (SSSR count). The highest BCUT2D eigenvalue weighted by Crippen LogP contribution is 2.19. The normalized spacial score (nSPS) is 13.9. The predicted octanol–water partition coefficient (Wildman–Crippen LogP) is 3.95. The second-order valence-electron chi connectivity index (χ2n) is 9.34. The molecular formula is C27H31F9N4O8. The number of hydrogen-bond donors (Lipinski definition) is 7. The topological polar surface area (TPSA) is 218 Å². The second-order valence-corrected chi connectivity index (χ2v) is 9.34. The molecule has 1 aliphatic rings. The van der Waals surface area contributed by atoms with Crippen LogP contribution in [0.2, 0.25) is 0 Å². The van der Waals surface area contributed by atoms with Gasteiger partial charge in [-0.15, -0.1) is 0 Å². The average Bonchev–Trinajstić information content (AvgIpc) is 2.97. The SMILES string of the molecule is N=C(N)c1cccc(OC[C@H](N)Cc2ccc(OC3CCNCC3)cc2)c1.O=C(O)C(F)(F)F.O=C(O)C(F)(F)F.O=C(O)C(F)(F)F. The van der Waals surface area contributed by atoms with E-state index in [-0.39, 0.29) is 11.9 Å². The van der Waals surface area contributed by atoms with E-state index < -0.39 is 36.4 Å². The zero-order valence-electron chi connectivity index (χ0n) is 24.5. The summed E-state index contributed by atoms with van der Waals surface area (Å²) in [6, 6.07) is 15.2. The molecule has 0 spiro atoms. The van der Waals surface area contributed by atoms with Crippen LogP contribution >= 0.6 is 0 Å². The molecule has 0 saturated carbocycles. The molecule has 0 radical (unpaired) electrons. The highest BCUT2D eigenvalue weighted by Gasteiger charge is 2.39. The van der Waals surface area contributed by atoms with Crippen molar-refractivity contribution < 1.29 is 78.7 Å². The third-order valence-corrected chi connectivity index (χ3v) is 5.35. The molecule has 1 saturated heterocycles. The number of aliphatic carboxylic acids is 3. The molecule has 2 aromatic carbocycles. The first-order valence-corrected chi connectivity index (χ1v) is 13.1. The van der Waals surface area contributed by atoms with E-state index >= 15 is 0 Å². The highest BCUT2D eigenvalue weighted by atomic mass is 19.4. The van der Waals surface area contributed by atoms with E-state index in [4.69, 9.17) is 56.1 Å². The summed E-state index contributed by atoms with van der Waals surface area (Å²) in [6.07, 6.45) is -12.1. The molecule has 1 fully saturated rings. The predicted molar refractivity (Wildman–Crippen MR) is 149 cm³/mol. The van der Waals surface area contributed by atoms with Crippen molar-refractivity contribution in [3.8, 4) is 11.5 Å². The van der Waals surface area contributed by atoms with Crippen molar-refractivity contribution in [1.29, 1.82) is 5.41 Å². The Bertz CT molecular complexity index is 1260. The lowest BCUT2D eigenvalue weighted by molar-refractivity contribution is -0.193. The van der Waals surface area contributed by atoms with E-state index in [1.807, 2.05) is 24.3 Å². The maximum Gasteiger partial charge on any atom is 0.490 e. The first-order chi connectivity index (χ1) is 21.9. The summed E-state index contributed by atoms with van der Waals surface area (Å²) in [7, 11) is 0. The molecule has 1 aliphatic heterocycles. The zero-order valence-corrected chi connectivity index (χ0v) is 24.5. The first kappa shape index (κ1) is 43.2. The number of ether oxygens (including phenoxy) is 2. The summed E-state index contributed by atoms with van der Waals surface area (Å²) in [5, 5.41) is 32.2. The van der Waals surface area contributed by atoms with E-state index in [9.17, 15) is 39.5 Å². The molecule has 9 N–H and O–H groups in total. The summed E-state index contributed by atoms with van der Waals surface area (Å²) in [6.45, 7) is 2.44. The number of nitrogen functional groups attached to an aromatic ring is 1. The summed E-state index contributed by atoms with van der Waals surface area (Å²) < 4.78 is 107. The number of nitrogens with two attached hydrogens (primary N) is 2. The number of alkyl halides is 9. The van der Waals surface area contributed by atoms with Crippen LogP contribution in [0, 0.1) is 5.41 Å². The monoisotopic (exact) mass is 710 g/mol. The van der Waals surface area contributed by atoms with Crippen LogP contribution in [0.4, 0.5) is 39.5 Å². The molecule has 2 aromatic rings. The Morgan fingerprint density at radius 3 is 1.65 bits per heavy atom. The van der Waals surface area contributed by atoms with Crippen molar-refractivity contribution in [2.75, 3.05) is 19.7 Å². The molecule has 0 unspecified atom stereocenters. The van der Waals surface area contributed by atoms with Gasteiger partial charge in [0.25, 0.3) is 0 Å². The van der Waals surface area contributed by atoms with Gasteiger partial charge in [0.1, 0.15) is 30.0 Å². The molecular weight excluding hydrogens is 679 g/mol. The zero-order chi connectivity index (χ0) is 37.3. The quantitative estimate of drug-likeness (QED) is 0.118. The van der Waals surface area contributed by atoms with E-state index in [0.29, 0.717) is 24.0 Å². The summed E-state index contributed by atoms with van der Waals surface area (Å²) in [4.78, 5) is 26.7. The molecule has 0 bridgehead atoms. The molecule has 1 heterocycles. The molecule has 0 amide bonds. The van der Waals surface area contributed by atoms with Gasteiger partial charge in [-0.05, 0) is 62.2 Å². The fourth-order valence-electron chi connectivity index (χ4n) is 3.13. The summed E-state index contributed by atoms with van der Waals surface area (Å²) in [5.74, 6) is -6.66. The minimum atomic E-state index is -5.08. The van der Waals surface area contributed by atoms with E-state index in [1.54, 1.807) is 12.1 Å². The van der Waals surface area contributed by atoms with Crippen LogP contribution in [-0.4, -0.2) is 89.4 Å². The van der Waals surface area contributed by atoms with Crippen LogP contribution < -0.4 is 26.3 Å². The number of carboxylic acids is 3. The Morgan fingerprint density at radius 2 is 1.25 bits per heavy atom. The van der Waals surface area contributed by atoms with E-state index in [0.717, 1.165) is 43.7 Å². The Kier molecular flexibility index (Phi) is 17.8. The Labute approximate surface area is 265 Å². The van der Waals surface area contributed by atoms with Crippen molar-refractivity contribution in [3.63, 3.8) is 0 Å². The first-order valence-electron chi connectivity index (χ1n) is 13.1. The van der Waals surface area contributed by atoms with Crippen molar-refractivity contribution in [3.05, 3.63) is 59.7 Å². The summed E-state index contributed by atoms with van der Waals surface area (Å²) >= 11 is 0. The van der Waals surface area contributed by atoms with Crippen molar-refractivity contribution in [2.24, 2.45) is 11.5 Å². The maximum absolute atomic E-state index is 10.6. The highest BCUT2D eigenvalue weighted by molar-refractivity contribution is 5.95. The number of amidine groups is 1. The molecule has 12 nitrogen and oxygen atoms in total. The van der Waals surface area contributed by atoms with Crippen LogP contribution in [0.25, 0.3) is 0 Å². The number of hydrogen-bond acceptors (Lipinski definition) is 8. The standard InChI is InChI=1S/C21H28N4O2.3C2HF3O2/c22-17(14-26-20-3-1-2-16(13-20)21(23)24)12-15-4-6-18(7-5-15)27-19-8-10-25-11-9-19;3*3-2(4,5)1(6)7/h1-7,13,17,19,25H,8-12,14,22H2,(H3,23,24);3*(H,6,7)/t17-;;;/m1.../s1. The molecule has 1 atom stereocenters. The van der Waals surface area contributed by atoms with Gasteiger partial charge in [0.05, 0.1) is 0 Å². The van der Waals surface area contributed by atoms with Crippen LogP contribution in [0.5, 0.6) is 11.5 Å². The second kappa shape index (κ2) is 19.8.